The zero-order valence-electron chi connectivity index (χ0n) is 11.4. The molecule has 0 amide bonds. The average Bonchev–Trinajstić information content (AvgIpc) is 2.86. The van der Waals surface area contributed by atoms with Crippen molar-refractivity contribution >= 4 is 11.8 Å². The highest BCUT2D eigenvalue weighted by Gasteiger charge is 2.18. The number of likely N-dealkylation sites (tertiary alicyclic amines) is 1. The number of aromatic carboxylic acids is 1. The van der Waals surface area contributed by atoms with Gasteiger partial charge in [0.25, 0.3) is 0 Å². The van der Waals surface area contributed by atoms with Crippen molar-refractivity contribution in [1.29, 1.82) is 0 Å². The van der Waals surface area contributed by atoms with Gasteiger partial charge < -0.3 is 15.3 Å². The van der Waals surface area contributed by atoms with E-state index in [2.05, 4.69) is 20.4 Å². The second kappa shape index (κ2) is 5.97. The SMILES string of the molecule is Cc1nnc(NCCN2CCCC2)c(C(=O)O)c1C. The van der Waals surface area contributed by atoms with Gasteiger partial charge in [-0.25, -0.2) is 4.79 Å². The van der Waals surface area contributed by atoms with Crippen molar-refractivity contribution in [1.82, 2.24) is 15.1 Å². The number of carboxylic acid groups (broad SMARTS) is 1. The summed E-state index contributed by atoms with van der Waals surface area (Å²) < 4.78 is 0. The molecule has 0 aliphatic carbocycles. The molecule has 1 aliphatic heterocycles. The van der Waals surface area contributed by atoms with E-state index in [1.165, 1.54) is 12.8 Å². The molecule has 2 rings (SSSR count). The third-order valence-corrected chi connectivity index (χ3v) is 3.59. The number of anilines is 1. The van der Waals surface area contributed by atoms with Crippen LogP contribution in [-0.2, 0) is 0 Å². The van der Waals surface area contributed by atoms with E-state index in [1.54, 1.807) is 13.8 Å². The summed E-state index contributed by atoms with van der Waals surface area (Å²) >= 11 is 0. The quantitative estimate of drug-likeness (QED) is 0.834. The minimum Gasteiger partial charge on any atom is -0.478 e. The number of aryl methyl sites for hydroxylation is 1. The highest BCUT2D eigenvalue weighted by molar-refractivity contribution is 5.94. The normalized spacial score (nSPS) is 15.7. The Balaban J connectivity index is 2.02. The Morgan fingerprint density at radius 3 is 2.63 bits per heavy atom. The van der Waals surface area contributed by atoms with Gasteiger partial charge in [-0.3, -0.25) is 0 Å². The van der Waals surface area contributed by atoms with Crippen LogP contribution in [0.4, 0.5) is 5.82 Å². The summed E-state index contributed by atoms with van der Waals surface area (Å²) in [7, 11) is 0. The summed E-state index contributed by atoms with van der Waals surface area (Å²) in [6, 6.07) is 0. The Hall–Kier alpha value is -1.69. The van der Waals surface area contributed by atoms with Gasteiger partial charge in [-0.15, -0.1) is 5.10 Å². The van der Waals surface area contributed by atoms with E-state index in [0.717, 1.165) is 19.6 Å². The van der Waals surface area contributed by atoms with Gasteiger partial charge in [-0.05, 0) is 45.3 Å². The Morgan fingerprint density at radius 1 is 1.32 bits per heavy atom. The molecular formula is C13H20N4O2. The van der Waals surface area contributed by atoms with Crippen LogP contribution in [-0.4, -0.2) is 52.4 Å². The first-order valence-corrected chi connectivity index (χ1v) is 6.63. The number of nitrogens with one attached hydrogen (secondary N) is 1. The molecule has 1 aromatic rings. The van der Waals surface area contributed by atoms with E-state index in [-0.39, 0.29) is 5.56 Å². The standard InChI is InChI=1S/C13H20N4O2/c1-9-10(2)15-16-12(11(9)13(18)19)14-5-8-17-6-3-4-7-17/h3-8H2,1-2H3,(H,14,16)(H,18,19). The third-order valence-electron chi connectivity index (χ3n) is 3.59. The Morgan fingerprint density at radius 2 is 2.00 bits per heavy atom. The summed E-state index contributed by atoms with van der Waals surface area (Å²) in [5.74, 6) is -0.589. The van der Waals surface area contributed by atoms with Crippen LogP contribution in [0, 0.1) is 13.8 Å². The number of aromatic nitrogens is 2. The van der Waals surface area contributed by atoms with Crippen LogP contribution < -0.4 is 5.32 Å². The van der Waals surface area contributed by atoms with Crippen LogP contribution in [0.5, 0.6) is 0 Å². The van der Waals surface area contributed by atoms with Crippen LogP contribution in [0.25, 0.3) is 0 Å². The number of carboxylic acids is 1. The Bertz CT molecular complexity index is 470. The fourth-order valence-electron chi connectivity index (χ4n) is 2.33. The highest BCUT2D eigenvalue weighted by atomic mass is 16.4. The largest absolute Gasteiger partial charge is 0.478 e. The molecule has 0 atom stereocenters. The number of nitrogens with zero attached hydrogens (tertiary/aromatic N) is 3. The molecular weight excluding hydrogens is 244 g/mol. The third kappa shape index (κ3) is 3.20. The van der Waals surface area contributed by atoms with Gasteiger partial charge in [0.1, 0.15) is 5.56 Å². The van der Waals surface area contributed by atoms with Crippen LogP contribution in [0.15, 0.2) is 0 Å². The first-order valence-electron chi connectivity index (χ1n) is 6.63. The van der Waals surface area contributed by atoms with E-state index in [1.807, 2.05) is 0 Å². The molecule has 1 aliphatic rings. The van der Waals surface area contributed by atoms with Gasteiger partial charge in [-0.2, -0.15) is 5.10 Å². The first kappa shape index (κ1) is 13.7. The molecule has 0 saturated carbocycles. The second-order valence-corrected chi connectivity index (χ2v) is 4.91. The van der Waals surface area contributed by atoms with Crippen molar-refractivity contribution in [2.45, 2.75) is 26.7 Å². The van der Waals surface area contributed by atoms with E-state index in [9.17, 15) is 9.90 Å². The summed E-state index contributed by atoms with van der Waals surface area (Å²) in [6.07, 6.45) is 2.51. The Labute approximate surface area is 112 Å². The average molecular weight is 264 g/mol. The Kier molecular flexibility index (Phi) is 4.31. The molecule has 6 heteroatoms. The maximum absolute atomic E-state index is 11.3. The number of rotatable bonds is 5. The predicted molar refractivity (Wildman–Crippen MR) is 72.6 cm³/mol. The summed E-state index contributed by atoms with van der Waals surface area (Å²) in [6.45, 7) is 7.39. The van der Waals surface area contributed by atoms with Gasteiger partial charge in [0, 0.05) is 13.1 Å². The van der Waals surface area contributed by atoms with E-state index in [4.69, 9.17) is 0 Å². The summed E-state index contributed by atoms with van der Waals surface area (Å²) in [4.78, 5) is 13.7. The van der Waals surface area contributed by atoms with Crippen molar-refractivity contribution in [3.05, 3.63) is 16.8 Å². The molecule has 6 nitrogen and oxygen atoms in total. The fourth-order valence-corrected chi connectivity index (χ4v) is 2.33. The molecule has 0 bridgehead atoms. The van der Waals surface area contributed by atoms with Gasteiger partial charge in [-0.1, -0.05) is 0 Å². The van der Waals surface area contributed by atoms with Crippen molar-refractivity contribution in [2.24, 2.45) is 0 Å². The predicted octanol–water partition coefficient (Wildman–Crippen LogP) is 1.30. The first-order chi connectivity index (χ1) is 9.09. The van der Waals surface area contributed by atoms with Gasteiger partial charge >= 0.3 is 5.97 Å². The molecule has 104 valence electrons. The lowest BCUT2D eigenvalue weighted by molar-refractivity contribution is 0.0696. The molecule has 0 radical (unpaired) electrons. The lowest BCUT2D eigenvalue weighted by Gasteiger charge is -2.16. The molecule has 1 aromatic heterocycles. The zero-order chi connectivity index (χ0) is 13.8. The van der Waals surface area contributed by atoms with E-state index < -0.39 is 5.97 Å². The van der Waals surface area contributed by atoms with Crippen molar-refractivity contribution in [2.75, 3.05) is 31.5 Å². The van der Waals surface area contributed by atoms with Crippen LogP contribution >= 0.6 is 0 Å². The summed E-state index contributed by atoms with van der Waals surface area (Å²) in [5, 5.41) is 20.3. The van der Waals surface area contributed by atoms with E-state index in [0.29, 0.717) is 23.6 Å². The lowest BCUT2D eigenvalue weighted by Crippen LogP contribution is -2.27. The van der Waals surface area contributed by atoms with Crippen molar-refractivity contribution in [3.63, 3.8) is 0 Å². The highest BCUT2D eigenvalue weighted by Crippen LogP contribution is 2.18. The molecule has 0 aromatic carbocycles. The maximum Gasteiger partial charge on any atom is 0.339 e. The lowest BCUT2D eigenvalue weighted by atomic mass is 10.1. The minimum atomic E-state index is -0.959. The number of carbonyl (C=O) groups is 1. The van der Waals surface area contributed by atoms with Crippen LogP contribution in [0.1, 0.15) is 34.5 Å². The summed E-state index contributed by atoms with van der Waals surface area (Å²) in [5.41, 5.74) is 1.56. The zero-order valence-corrected chi connectivity index (χ0v) is 11.4. The smallest absolute Gasteiger partial charge is 0.339 e. The monoisotopic (exact) mass is 264 g/mol. The maximum atomic E-state index is 11.3. The second-order valence-electron chi connectivity index (χ2n) is 4.91. The molecule has 2 N–H and O–H groups in total. The topological polar surface area (TPSA) is 78.4 Å². The number of hydrogen-bond donors (Lipinski definition) is 2. The van der Waals surface area contributed by atoms with Crippen LogP contribution in [0.3, 0.4) is 0 Å². The molecule has 1 saturated heterocycles. The van der Waals surface area contributed by atoms with Crippen molar-refractivity contribution in [3.8, 4) is 0 Å². The fraction of sp³-hybridized carbons (Fsp3) is 0.615. The number of hydrogen-bond acceptors (Lipinski definition) is 5. The van der Waals surface area contributed by atoms with Crippen molar-refractivity contribution < 1.29 is 9.90 Å². The van der Waals surface area contributed by atoms with Gasteiger partial charge in [0.15, 0.2) is 5.82 Å². The molecule has 0 spiro atoms. The van der Waals surface area contributed by atoms with Gasteiger partial charge in [0.05, 0.1) is 5.69 Å². The molecule has 2 heterocycles. The van der Waals surface area contributed by atoms with Crippen LogP contribution in [0.2, 0.25) is 0 Å². The minimum absolute atomic E-state index is 0.230. The van der Waals surface area contributed by atoms with Gasteiger partial charge in [0.2, 0.25) is 0 Å². The molecule has 0 unspecified atom stereocenters. The molecule has 19 heavy (non-hydrogen) atoms. The van der Waals surface area contributed by atoms with E-state index >= 15 is 0 Å². The molecule has 1 fully saturated rings.